The smallest absolute Gasteiger partial charge is 0.354 e. The quantitative estimate of drug-likeness (QED) is 0.528. The first kappa shape index (κ1) is 7.13. The molecule has 1 atom stereocenters. The van der Waals surface area contributed by atoms with Crippen LogP contribution in [0.25, 0.3) is 0 Å². The Morgan fingerprint density at radius 3 is 2.64 bits per heavy atom. The normalized spacial score (nSPS) is 36.4. The molecule has 1 aliphatic carbocycles. The van der Waals surface area contributed by atoms with Crippen molar-refractivity contribution in [2.75, 3.05) is 0 Å². The molecule has 0 bridgehead atoms. The minimum atomic E-state index is -0.964. The van der Waals surface area contributed by atoms with E-state index in [4.69, 9.17) is 0 Å². The molecular weight excluding hydrogens is 139 g/mol. The Hall–Kier alpha value is -0.535. The third kappa shape index (κ3) is 1.05. The monoisotopic (exact) mass is 150 g/mol. The fraction of sp³-hybridized carbons (Fsp3) is 0.500. The SMILES string of the molecule is OB1C=CC=CC1(O)C1CC1. The Bertz CT molecular complexity index is 220. The van der Waals surface area contributed by atoms with Gasteiger partial charge in [-0.25, -0.2) is 0 Å². The number of hydrogen-bond donors (Lipinski definition) is 2. The molecule has 58 valence electrons. The van der Waals surface area contributed by atoms with Crippen LogP contribution in [0.5, 0.6) is 0 Å². The van der Waals surface area contributed by atoms with Gasteiger partial charge in [-0.2, -0.15) is 0 Å². The Kier molecular flexibility index (Phi) is 1.44. The number of rotatable bonds is 1. The molecule has 2 rings (SSSR count). The summed E-state index contributed by atoms with van der Waals surface area (Å²) in [5.74, 6) is 1.91. The summed E-state index contributed by atoms with van der Waals surface area (Å²) in [4.78, 5) is 0. The maximum absolute atomic E-state index is 9.89. The van der Waals surface area contributed by atoms with E-state index in [0.717, 1.165) is 12.8 Å². The molecule has 0 aromatic rings. The van der Waals surface area contributed by atoms with E-state index >= 15 is 0 Å². The minimum absolute atomic E-state index is 0.277. The molecule has 0 radical (unpaired) electrons. The first-order valence-electron chi connectivity index (χ1n) is 4.00. The third-order valence-corrected chi connectivity index (χ3v) is 2.47. The van der Waals surface area contributed by atoms with Gasteiger partial charge in [-0.15, -0.1) is 0 Å². The molecule has 1 saturated carbocycles. The lowest BCUT2D eigenvalue weighted by Gasteiger charge is -2.27. The maximum atomic E-state index is 9.89. The summed E-state index contributed by atoms with van der Waals surface area (Å²) in [5.41, 5.74) is -0.964. The van der Waals surface area contributed by atoms with E-state index in [1.807, 2.05) is 0 Å². The molecule has 0 spiro atoms. The van der Waals surface area contributed by atoms with Crippen molar-refractivity contribution < 1.29 is 10.1 Å². The second kappa shape index (κ2) is 2.22. The van der Waals surface area contributed by atoms with Crippen LogP contribution >= 0.6 is 0 Å². The van der Waals surface area contributed by atoms with Gasteiger partial charge in [-0.3, -0.25) is 0 Å². The average Bonchev–Trinajstić information content (AvgIpc) is 2.77. The molecule has 1 unspecified atom stereocenters. The molecule has 2 nitrogen and oxygen atoms in total. The van der Waals surface area contributed by atoms with E-state index in [2.05, 4.69) is 0 Å². The zero-order valence-electron chi connectivity index (χ0n) is 6.27. The molecule has 1 aliphatic heterocycles. The summed E-state index contributed by atoms with van der Waals surface area (Å²) in [5, 5.41) is 19.3. The van der Waals surface area contributed by atoms with Crippen molar-refractivity contribution in [2.45, 2.75) is 18.3 Å². The van der Waals surface area contributed by atoms with Crippen molar-refractivity contribution >= 4 is 6.92 Å². The summed E-state index contributed by atoms with van der Waals surface area (Å²) in [6.07, 6.45) is 7.33. The van der Waals surface area contributed by atoms with E-state index in [0.29, 0.717) is 0 Å². The largest absolute Gasteiger partial charge is 0.445 e. The highest BCUT2D eigenvalue weighted by molar-refractivity contribution is 6.60. The summed E-state index contributed by atoms with van der Waals surface area (Å²) in [6, 6.07) is 0. The van der Waals surface area contributed by atoms with Crippen LogP contribution in [0.4, 0.5) is 0 Å². The minimum Gasteiger partial charge on any atom is -0.445 e. The molecule has 1 heterocycles. The van der Waals surface area contributed by atoms with Gasteiger partial charge in [-0.1, -0.05) is 24.2 Å². The summed E-state index contributed by atoms with van der Waals surface area (Å²) in [6.45, 7) is -0.708. The van der Waals surface area contributed by atoms with Crippen LogP contribution in [0, 0.1) is 5.92 Å². The van der Waals surface area contributed by atoms with Gasteiger partial charge in [0.05, 0.1) is 5.50 Å². The van der Waals surface area contributed by atoms with Gasteiger partial charge in [0.1, 0.15) is 0 Å². The molecular formula is C8H11BO2. The van der Waals surface area contributed by atoms with Crippen LogP contribution in [-0.2, 0) is 0 Å². The molecule has 3 heteroatoms. The van der Waals surface area contributed by atoms with E-state index in [9.17, 15) is 10.1 Å². The third-order valence-electron chi connectivity index (χ3n) is 2.47. The van der Waals surface area contributed by atoms with Crippen molar-refractivity contribution in [3.8, 4) is 0 Å². The van der Waals surface area contributed by atoms with Crippen molar-refractivity contribution in [1.82, 2.24) is 0 Å². The van der Waals surface area contributed by atoms with Crippen molar-refractivity contribution in [3.05, 3.63) is 24.2 Å². The van der Waals surface area contributed by atoms with E-state index in [1.54, 1.807) is 24.2 Å². The standard InChI is InChI=1S/C8H11BO2/c10-8(7-3-4-7)5-1-2-6-9(8)11/h1-2,5-7,10-11H,3-4H2. The molecule has 0 aromatic carbocycles. The Morgan fingerprint density at radius 1 is 1.36 bits per heavy atom. The lowest BCUT2D eigenvalue weighted by molar-refractivity contribution is 0.132. The van der Waals surface area contributed by atoms with Crippen molar-refractivity contribution in [3.63, 3.8) is 0 Å². The first-order chi connectivity index (χ1) is 5.23. The fourth-order valence-corrected chi connectivity index (χ4v) is 1.56. The predicted octanol–water partition coefficient (Wildman–Crippen LogP) is 0.316. The average molecular weight is 150 g/mol. The molecule has 0 amide bonds. The number of allylic oxidation sites excluding steroid dienone is 2. The van der Waals surface area contributed by atoms with Crippen LogP contribution < -0.4 is 0 Å². The van der Waals surface area contributed by atoms with Gasteiger partial charge in [0, 0.05) is 0 Å². The highest BCUT2D eigenvalue weighted by Crippen LogP contribution is 2.42. The van der Waals surface area contributed by atoms with Crippen LogP contribution in [0.3, 0.4) is 0 Å². The topological polar surface area (TPSA) is 40.5 Å². The van der Waals surface area contributed by atoms with Crippen LogP contribution in [-0.4, -0.2) is 22.5 Å². The Labute approximate surface area is 66.3 Å². The van der Waals surface area contributed by atoms with Crippen LogP contribution in [0.1, 0.15) is 12.8 Å². The molecule has 0 saturated heterocycles. The number of aliphatic hydroxyl groups is 1. The predicted molar refractivity (Wildman–Crippen MR) is 43.9 cm³/mol. The zero-order chi connectivity index (χ0) is 7.90. The highest BCUT2D eigenvalue weighted by atomic mass is 16.3. The van der Waals surface area contributed by atoms with E-state index in [1.165, 1.54) is 0 Å². The lowest BCUT2D eigenvalue weighted by Crippen LogP contribution is -2.46. The molecule has 0 aromatic heterocycles. The molecule has 2 N–H and O–H groups in total. The summed E-state index contributed by atoms with van der Waals surface area (Å²) in [7, 11) is 0. The van der Waals surface area contributed by atoms with Gasteiger partial charge in [0.2, 0.25) is 0 Å². The highest BCUT2D eigenvalue weighted by Gasteiger charge is 2.49. The summed E-state index contributed by atoms with van der Waals surface area (Å²) < 4.78 is 0. The fourth-order valence-electron chi connectivity index (χ4n) is 1.56. The maximum Gasteiger partial charge on any atom is 0.354 e. The zero-order valence-corrected chi connectivity index (χ0v) is 6.27. The first-order valence-corrected chi connectivity index (χ1v) is 4.00. The molecule has 11 heavy (non-hydrogen) atoms. The second-order valence-electron chi connectivity index (χ2n) is 3.35. The Balaban J connectivity index is 2.22. The van der Waals surface area contributed by atoms with Crippen LogP contribution in [0.2, 0.25) is 0 Å². The van der Waals surface area contributed by atoms with E-state index < -0.39 is 12.4 Å². The lowest BCUT2D eigenvalue weighted by atomic mass is 9.49. The van der Waals surface area contributed by atoms with Gasteiger partial charge in [-0.05, 0) is 18.8 Å². The Morgan fingerprint density at radius 2 is 2.09 bits per heavy atom. The van der Waals surface area contributed by atoms with E-state index in [-0.39, 0.29) is 5.92 Å². The van der Waals surface area contributed by atoms with Gasteiger partial charge < -0.3 is 10.1 Å². The van der Waals surface area contributed by atoms with Crippen LogP contribution in [0.15, 0.2) is 24.2 Å². The number of hydrogen-bond acceptors (Lipinski definition) is 2. The second-order valence-corrected chi connectivity index (χ2v) is 3.35. The molecule has 1 fully saturated rings. The van der Waals surface area contributed by atoms with Gasteiger partial charge >= 0.3 is 6.92 Å². The van der Waals surface area contributed by atoms with Gasteiger partial charge in [0.15, 0.2) is 0 Å². The summed E-state index contributed by atoms with van der Waals surface area (Å²) >= 11 is 0. The van der Waals surface area contributed by atoms with Crippen molar-refractivity contribution in [1.29, 1.82) is 0 Å². The van der Waals surface area contributed by atoms with Gasteiger partial charge in [0.25, 0.3) is 0 Å². The van der Waals surface area contributed by atoms with Crippen molar-refractivity contribution in [2.24, 2.45) is 5.92 Å². The molecule has 2 aliphatic rings.